The molecule has 31 heavy (non-hydrogen) atoms. The van der Waals surface area contributed by atoms with Crippen molar-refractivity contribution in [2.75, 3.05) is 6.54 Å². The van der Waals surface area contributed by atoms with Gasteiger partial charge in [0.15, 0.2) is 0 Å². The first-order valence-electron chi connectivity index (χ1n) is 12.7. The Hall–Kier alpha value is -1.59. The number of carbonyl (C=O) groups excluding carboxylic acids is 2. The van der Waals surface area contributed by atoms with Gasteiger partial charge in [-0.25, -0.2) is 0 Å². The van der Waals surface area contributed by atoms with Gasteiger partial charge in [-0.2, -0.15) is 0 Å². The van der Waals surface area contributed by atoms with Crippen molar-refractivity contribution in [3.05, 3.63) is 0 Å². The number of carboxylic acid groups (broad SMARTS) is 1. The summed E-state index contributed by atoms with van der Waals surface area (Å²) in [6.07, 6.45) is 20.2. The van der Waals surface area contributed by atoms with E-state index < -0.39 is 5.97 Å². The number of primary amides is 1. The van der Waals surface area contributed by atoms with Crippen molar-refractivity contribution in [2.45, 2.75) is 129 Å². The Morgan fingerprint density at radius 1 is 0.710 bits per heavy atom. The van der Waals surface area contributed by atoms with Crippen molar-refractivity contribution in [3.63, 3.8) is 0 Å². The second kappa shape index (κ2) is 21.6. The molecule has 6 heteroatoms. The predicted molar refractivity (Wildman–Crippen MR) is 129 cm³/mol. The van der Waals surface area contributed by atoms with Crippen LogP contribution in [0, 0.1) is 5.92 Å². The van der Waals surface area contributed by atoms with Gasteiger partial charge in [0.25, 0.3) is 0 Å². The number of unbranched alkanes of at least 4 members (excludes halogenated alkanes) is 14. The molecule has 0 spiro atoms. The maximum absolute atomic E-state index is 11.8. The highest BCUT2D eigenvalue weighted by molar-refractivity contribution is 5.76. The highest BCUT2D eigenvalue weighted by atomic mass is 16.4. The number of hydrogen-bond donors (Lipinski definition) is 3. The zero-order valence-corrected chi connectivity index (χ0v) is 20.0. The van der Waals surface area contributed by atoms with Crippen LogP contribution in [0.5, 0.6) is 0 Å². The van der Waals surface area contributed by atoms with Gasteiger partial charge in [0.05, 0.1) is 0 Å². The van der Waals surface area contributed by atoms with Crippen molar-refractivity contribution in [3.8, 4) is 0 Å². The van der Waals surface area contributed by atoms with Gasteiger partial charge in [-0.3, -0.25) is 14.4 Å². The molecule has 0 bridgehead atoms. The van der Waals surface area contributed by atoms with Crippen LogP contribution < -0.4 is 11.1 Å². The van der Waals surface area contributed by atoms with Crippen LogP contribution in [0.2, 0.25) is 0 Å². The Balaban J connectivity index is 0. The van der Waals surface area contributed by atoms with E-state index in [1.54, 1.807) is 0 Å². The predicted octanol–water partition coefficient (Wildman–Crippen LogP) is 5.97. The molecule has 0 fully saturated rings. The topological polar surface area (TPSA) is 109 Å². The second-order valence-electron chi connectivity index (χ2n) is 8.99. The average Bonchev–Trinajstić information content (AvgIpc) is 2.72. The van der Waals surface area contributed by atoms with Crippen LogP contribution in [0.15, 0.2) is 0 Å². The molecule has 0 aromatic carbocycles. The van der Waals surface area contributed by atoms with Crippen LogP contribution in [0.3, 0.4) is 0 Å². The fraction of sp³-hybridized carbons (Fsp3) is 0.880. The minimum absolute atomic E-state index is 0. The van der Waals surface area contributed by atoms with Crippen LogP contribution in [0.4, 0.5) is 0 Å². The molecule has 0 aromatic rings. The Kier molecular flexibility index (Phi) is 20.5. The number of nitrogens with one attached hydrogen (secondary N) is 1. The molecule has 0 aliphatic carbocycles. The number of carboxylic acids is 1. The summed E-state index contributed by atoms with van der Waals surface area (Å²) in [6.45, 7) is 2.54. The normalized spacial score (nSPS) is 11.9. The van der Waals surface area contributed by atoms with Gasteiger partial charge < -0.3 is 16.2 Å². The molecular weight excluding hydrogens is 392 g/mol. The van der Waals surface area contributed by atoms with E-state index in [1.807, 2.05) is 6.92 Å². The zero-order chi connectivity index (χ0) is 23.2. The van der Waals surface area contributed by atoms with E-state index in [0.29, 0.717) is 19.4 Å². The van der Waals surface area contributed by atoms with Gasteiger partial charge in [0, 0.05) is 26.7 Å². The molecule has 0 aliphatic heterocycles. The highest BCUT2D eigenvalue weighted by Crippen LogP contribution is 2.14. The minimum Gasteiger partial charge on any atom is -0.481 e. The van der Waals surface area contributed by atoms with Crippen molar-refractivity contribution >= 4 is 17.8 Å². The molecule has 1 atom stereocenters. The fourth-order valence-corrected chi connectivity index (χ4v) is 3.72. The van der Waals surface area contributed by atoms with Crippen LogP contribution in [-0.2, 0) is 14.4 Å². The van der Waals surface area contributed by atoms with Crippen LogP contribution >= 0.6 is 0 Å². The largest absolute Gasteiger partial charge is 0.481 e. The van der Waals surface area contributed by atoms with Crippen LogP contribution in [-0.4, -0.2) is 29.4 Å². The van der Waals surface area contributed by atoms with Gasteiger partial charge in [0.2, 0.25) is 11.8 Å². The molecule has 0 saturated heterocycles. The summed E-state index contributed by atoms with van der Waals surface area (Å²) in [4.78, 5) is 33.2. The SMILES string of the molecule is C[C@H](CCCCNC(=O)CCCCCCCCCCCCCCCCC(=O)O)C(N)=O.[HH]. The Labute approximate surface area is 191 Å². The third kappa shape index (κ3) is 22.9. The lowest BCUT2D eigenvalue weighted by Crippen LogP contribution is -2.24. The molecule has 0 saturated carbocycles. The summed E-state index contributed by atoms with van der Waals surface area (Å²) in [5.41, 5.74) is 5.23. The second-order valence-corrected chi connectivity index (χ2v) is 8.99. The molecule has 0 heterocycles. The molecule has 0 rings (SSSR count). The molecule has 0 unspecified atom stereocenters. The van der Waals surface area contributed by atoms with Crippen molar-refractivity contribution in [2.24, 2.45) is 11.7 Å². The summed E-state index contributed by atoms with van der Waals surface area (Å²) >= 11 is 0. The van der Waals surface area contributed by atoms with Gasteiger partial charge >= 0.3 is 5.97 Å². The van der Waals surface area contributed by atoms with Gasteiger partial charge in [-0.1, -0.05) is 90.4 Å². The number of hydrogen-bond acceptors (Lipinski definition) is 3. The molecular formula is C25H50N2O4. The maximum Gasteiger partial charge on any atom is 0.303 e. The van der Waals surface area contributed by atoms with E-state index >= 15 is 0 Å². The number of rotatable bonds is 23. The van der Waals surface area contributed by atoms with Gasteiger partial charge in [-0.05, 0) is 25.7 Å². The molecule has 2 amide bonds. The Bertz CT molecular complexity index is 475. The van der Waals surface area contributed by atoms with Crippen molar-refractivity contribution in [1.29, 1.82) is 0 Å². The van der Waals surface area contributed by atoms with Gasteiger partial charge in [0.1, 0.15) is 0 Å². The summed E-state index contributed by atoms with van der Waals surface area (Å²) < 4.78 is 0. The maximum atomic E-state index is 11.8. The molecule has 0 aliphatic rings. The van der Waals surface area contributed by atoms with Crippen molar-refractivity contribution in [1.82, 2.24) is 5.32 Å². The summed E-state index contributed by atoms with van der Waals surface area (Å²) in [6, 6.07) is 0. The van der Waals surface area contributed by atoms with E-state index in [-0.39, 0.29) is 19.2 Å². The first-order chi connectivity index (χ1) is 14.9. The number of amides is 2. The quantitative estimate of drug-likeness (QED) is 0.169. The molecule has 184 valence electrons. The molecule has 0 aromatic heterocycles. The highest BCUT2D eigenvalue weighted by Gasteiger charge is 2.07. The Morgan fingerprint density at radius 2 is 1.13 bits per heavy atom. The van der Waals surface area contributed by atoms with Crippen LogP contribution in [0.1, 0.15) is 130 Å². The first-order valence-corrected chi connectivity index (χ1v) is 12.7. The van der Waals surface area contributed by atoms with Crippen LogP contribution in [0.25, 0.3) is 0 Å². The lowest BCUT2D eigenvalue weighted by atomic mass is 10.0. The van der Waals surface area contributed by atoms with E-state index in [2.05, 4.69) is 5.32 Å². The standard InChI is InChI=1S/C25H48N2O4.H2/c1-22(25(26)31)18-16-17-21-27-23(28)19-14-12-10-8-6-4-2-3-5-7-9-11-13-15-20-24(29)30;/h22H,2-21H2,1H3,(H2,26,31)(H,27,28)(H,29,30);1H/t22-;/m1./s1. The third-order valence-electron chi connectivity index (χ3n) is 5.92. The first kappa shape index (κ1) is 29.4. The lowest BCUT2D eigenvalue weighted by molar-refractivity contribution is -0.137. The third-order valence-corrected chi connectivity index (χ3v) is 5.92. The molecule has 4 N–H and O–H groups in total. The summed E-state index contributed by atoms with van der Waals surface area (Å²) in [5, 5.41) is 11.5. The Morgan fingerprint density at radius 3 is 1.55 bits per heavy atom. The van der Waals surface area contributed by atoms with E-state index in [9.17, 15) is 14.4 Å². The zero-order valence-electron chi connectivity index (χ0n) is 20.0. The lowest BCUT2D eigenvalue weighted by Gasteiger charge is -2.08. The molecule has 0 radical (unpaired) electrons. The fourth-order valence-electron chi connectivity index (χ4n) is 3.72. The van der Waals surface area contributed by atoms with Crippen molar-refractivity contribution < 1.29 is 20.9 Å². The minimum atomic E-state index is -0.679. The smallest absolute Gasteiger partial charge is 0.303 e. The van der Waals surface area contributed by atoms with Gasteiger partial charge in [-0.15, -0.1) is 0 Å². The van der Waals surface area contributed by atoms with E-state index in [4.69, 9.17) is 10.8 Å². The summed E-state index contributed by atoms with van der Waals surface area (Å²) in [5.74, 6) is -0.863. The van der Waals surface area contributed by atoms with E-state index in [0.717, 1.165) is 44.9 Å². The number of aliphatic carboxylic acids is 1. The number of nitrogens with two attached hydrogens (primary N) is 1. The number of carbonyl (C=O) groups is 3. The average molecular weight is 443 g/mol. The molecule has 6 nitrogen and oxygen atoms in total. The summed E-state index contributed by atoms with van der Waals surface area (Å²) in [7, 11) is 0. The monoisotopic (exact) mass is 442 g/mol. The van der Waals surface area contributed by atoms with E-state index in [1.165, 1.54) is 64.2 Å².